The maximum Gasteiger partial charge on any atom is 0.260 e. The second-order valence-corrected chi connectivity index (χ2v) is 4.89. The van der Waals surface area contributed by atoms with E-state index in [-0.39, 0.29) is 11.6 Å². The number of nitrogens with zero attached hydrogens (tertiary/aromatic N) is 1. The maximum atomic E-state index is 13.1. The third-order valence-corrected chi connectivity index (χ3v) is 3.55. The molecule has 0 aliphatic heterocycles. The van der Waals surface area contributed by atoms with Crippen LogP contribution in [0.4, 0.5) is 4.39 Å². The molecule has 1 heterocycles. The van der Waals surface area contributed by atoms with E-state index < -0.39 is 6.17 Å². The zero-order valence-corrected chi connectivity index (χ0v) is 14.0. The highest BCUT2D eigenvalue weighted by Crippen LogP contribution is 2.39. The molecule has 0 amide bonds. The standard InChI is InChI=1S/C13H11ClFNO.2C2H6/c1-7-5-8-3-2-4-9(14)12(8)13(17)16(7)11-6-10(11)15;2*1-2/h2-5,10-11H,6H2,1H3;2*1-2H3. The highest BCUT2D eigenvalue weighted by molar-refractivity contribution is 6.35. The molecule has 1 saturated carbocycles. The van der Waals surface area contributed by atoms with Gasteiger partial charge in [0.15, 0.2) is 0 Å². The zero-order chi connectivity index (χ0) is 16.2. The first-order chi connectivity index (χ1) is 10.1. The van der Waals surface area contributed by atoms with Crippen LogP contribution >= 0.6 is 11.6 Å². The topological polar surface area (TPSA) is 22.0 Å². The summed E-state index contributed by atoms with van der Waals surface area (Å²) in [5, 5.41) is 1.73. The SMILES string of the molecule is CC.CC.Cc1cc2cccc(Cl)c2c(=O)n1C1CC1F. The van der Waals surface area contributed by atoms with Gasteiger partial charge in [-0.15, -0.1) is 0 Å². The molecule has 1 aliphatic carbocycles. The predicted molar refractivity (Wildman–Crippen MR) is 89.2 cm³/mol. The van der Waals surface area contributed by atoms with E-state index in [1.54, 1.807) is 6.07 Å². The van der Waals surface area contributed by atoms with Gasteiger partial charge in [-0.1, -0.05) is 51.4 Å². The number of benzene rings is 1. The van der Waals surface area contributed by atoms with Gasteiger partial charge in [0.05, 0.1) is 16.5 Å². The number of alkyl halides is 1. The Morgan fingerprint density at radius 1 is 1.24 bits per heavy atom. The summed E-state index contributed by atoms with van der Waals surface area (Å²) in [6.07, 6.45) is -0.470. The molecule has 2 nitrogen and oxygen atoms in total. The van der Waals surface area contributed by atoms with Crippen LogP contribution < -0.4 is 5.56 Å². The van der Waals surface area contributed by atoms with Crippen LogP contribution in [0.25, 0.3) is 10.8 Å². The molecule has 3 rings (SSSR count). The number of hydrogen-bond donors (Lipinski definition) is 0. The molecule has 2 aromatic rings. The largest absolute Gasteiger partial charge is 0.306 e. The minimum Gasteiger partial charge on any atom is -0.306 e. The first-order valence-corrected chi connectivity index (χ1v) is 7.92. The Kier molecular flexibility index (Phi) is 6.41. The lowest BCUT2D eigenvalue weighted by molar-refractivity contribution is 0.436. The molecule has 1 aromatic carbocycles. The van der Waals surface area contributed by atoms with E-state index in [4.69, 9.17) is 11.6 Å². The number of halogens is 2. The van der Waals surface area contributed by atoms with Crippen LogP contribution in [0.5, 0.6) is 0 Å². The van der Waals surface area contributed by atoms with Crippen LogP contribution in [0.15, 0.2) is 29.1 Å². The third kappa shape index (κ3) is 3.46. The first kappa shape index (κ1) is 17.7. The predicted octanol–water partition coefficient (Wildman–Crippen LogP) is 5.30. The summed E-state index contributed by atoms with van der Waals surface area (Å²) < 4.78 is 14.7. The van der Waals surface area contributed by atoms with Crippen molar-refractivity contribution in [1.29, 1.82) is 0 Å². The van der Waals surface area contributed by atoms with Gasteiger partial charge in [0.2, 0.25) is 0 Å². The van der Waals surface area contributed by atoms with Gasteiger partial charge < -0.3 is 4.57 Å². The van der Waals surface area contributed by atoms with Crippen LogP contribution in [-0.4, -0.2) is 10.7 Å². The Balaban J connectivity index is 0.000000510. The van der Waals surface area contributed by atoms with Gasteiger partial charge in [-0.3, -0.25) is 4.79 Å². The van der Waals surface area contributed by atoms with Crippen LogP contribution in [0.3, 0.4) is 0 Å². The van der Waals surface area contributed by atoms with Crippen molar-refractivity contribution in [2.24, 2.45) is 0 Å². The summed E-state index contributed by atoms with van der Waals surface area (Å²) in [4.78, 5) is 12.3. The van der Waals surface area contributed by atoms with E-state index in [0.717, 1.165) is 11.1 Å². The minimum absolute atomic E-state index is 0.184. The molecule has 0 radical (unpaired) electrons. The smallest absolute Gasteiger partial charge is 0.260 e. The van der Waals surface area contributed by atoms with Gasteiger partial charge in [0.25, 0.3) is 5.56 Å². The lowest BCUT2D eigenvalue weighted by Crippen LogP contribution is -2.22. The molecule has 21 heavy (non-hydrogen) atoms. The number of aryl methyl sites for hydroxylation is 1. The first-order valence-electron chi connectivity index (χ1n) is 7.54. The summed E-state index contributed by atoms with van der Waals surface area (Å²) >= 11 is 6.04. The van der Waals surface area contributed by atoms with E-state index in [1.807, 2.05) is 52.8 Å². The Morgan fingerprint density at radius 3 is 2.33 bits per heavy atom. The Labute approximate surface area is 130 Å². The Bertz CT molecular complexity index is 666. The highest BCUT2D eigenvalue weighted by atomic mass is 35.5. The summed E-state index contributed by atoms with van der Waals surface area (Å²) in [5.41, 5.74) is 0.602. The minimum atomic E-state index is -0.897. The molecule has 0 N–H and O–H groups in total. The number of fused-ring (bicyclic) bond motifs is 1. The van der Waals surface area contributed by atoms with Crippen LogP contribution in [0.1, 0.15) is 45.9 Å². The quantitative estimate of drug-likeness (QED) is 0.700. The normalized spacial score (nSPS) is 19.2. The fourth-order valence-electron chi connectivity index (χ4n) is 2.29. The van der Waals surface area contributed by atoms with E-state index in [0.29, 0.717) is 16.8 Å². The molecular formula is C17H23ClFNO. The molecule has 1 fully saturated rings. The molecule has 0 bridgehead atoms. The number of aromatic nitrogens is 1. The monoisotopic (exact) mass is 311 g/mol. The average Bonchev–Trinajstić information content (AvgIpc) is 3.19. The fourth-order valence-corrected chi connectivity index (χ4v) is 2.56. The lowest BCUT2D eigenvalue weighted by atomic mass is 10.1. The molecule has 1 aromatic heterocycles. The molecule has 0 saturated heterocycles. The molecule has 4 heteroatoms. The van der Waals surface area contributed by atoms with Crippen molar-refractivity contribution in [3.8, 4) is 0 Å². The highest BCUT2D eigenvalue weighted by Gasteiger charge is 2.40. The zero-order valence-electron chi connectivity index (χ0n) is 13.3. The molecule has 1 aliphatic rings. The van der Waals surface area contributed by atoms with Crippen LogP contribution in [0.2, 0.25) is 5.02 Å². The summed E-state index contributed by atoms with van der Waals surface area (Å²) in [5.74, 6) is 0. The van der Waals surface area contributed by atoms with Crippen molar-refractivity contribution >= 4 is 22.4 Å². The van der Waals surface area contributed by atoms with Gasteiger partial charge in [0.1, 0.15) is 6.17 Å². The second-order valence-electron chi connectivity index (χ2n) is 4.48. The van der Waals surface area contributed by atoms with E-state index in [1.165, 1.54) is 4.57 Å². The average molecular weight is 312 g/mol. The number of pyridine rings is 1. The van der Waals surface area contributed by atoms with Gasteiger partial charge in [0, 0.05) is 12.1 Å². The van der Waals surface area contributed by atoms with E-state index in [9.17, 15) is 9.18 Å². The molecule has 116 valence electrons. The van der Waals surface area contributed by atoms with Gasteiger partial charge in [-0.05, 0) is 24.4 Å². The third-order valence-electron chi connectivity index (χ3n) is 3.24. The van der Waals surface area contributed by atoms with Crippen molar-refractivity contribution in [2.75, 3.05) is 0 Å². The summed E-state index contributed by atoms with van der Waals surface area (Å²) in [6, 6.07) is 6.92. The summed E-state index contributed by atoms with van der Waals surface area (Å²) in [6.45, 7) is 9.83. The van der Waals surface area contributed by atoms with Crippen molar-refractivity contribution < 1.29 is 4.39 Å². The summed E-state index contributed by atoms with van der Waals surface area (Å²) in [7, 11) is 0. The van der Waals surface area contributed by atoms with Crippen LogP contribution in [0, 0.1) is 6.92 Å². The van der Waals surface area contributed by atoms with E-state index >= 15 is 0 Å². The number of rotatable bonds is 1. The van der Waals surface area contributed by atoms with Gasteiger partial charge >= 0.3 is 0 Å². The number of hydrogen-bond acceptors (Lipinski definition) is 1. The van der Waals surface area contributed by atoms with Crippen LogP contribution in [-0.2, 0) is 0 Å². The molecular weight excluding hydrogens is 289 g/mol. The Morgan fingerprint density at radius 2 is 1.81 bits per heavy atom. The fraction of sp³-hybridized carbons (Fsp3) is 0.471. The lowest BCUT2D eigenvalue weighted by Gasteiger charge is -2.11. The van der Waals surface area contributed by atoms with Gasteiger partial charge in [-0.2, -0.15) is 0 Å². The molecule has 0 spiro atoms. The van der Waals surface area contributed by atoms with Crippen molar-refractivity contribution in [3.05, 3.63) is 45.3 Å². The Hall–Kier alpha value is -1.35. The molecule has 2 atom stereocenters. The van der Waals surface area contributed by atoms with Gasteiger partial charge in [-0.25, -0.2) is 4.39 Å². The van der Waals surface area contributed by atoms with Crippen molar-refractivity contribution in [1.82, 2.24) is 4.57 Å². The van der Waals surface area contributed by atoms with E-state index in [2.05, 4.69) is 0 Å². The maximum absolute atomic E-state index is 13.1. The molecule has 2 unspecified atom stereocenters. The van der Waals surface area contributed by atoms with Crippen molar-refractivity contribution in [2.45, 2.75) is 53.3 Å². The second kappa shape index (κ2) is 7.60. The van der Waals surface area contributed by atoms with Crippen molar-refractivity contribution in [3.63, 3.8) is 0 Å².